The van der Waals surface area contributed by atoms with Crippen LogP contribution < -0.4 is 0 Å². The standard InChI is InChI=1S/C6H12NO2P/c1-3-4-5-10(2,9)7-6-8/h3-5H2,1-2H3. The Hall–Kier alpha value is -0.390. The van der Waals surface area contributed by atoms with E-state index in [-0.39, 0.29) is 0 Å². The molecule has 0 aromatic rings. The van der Waals surface area contributed by atoms with Gasteiger partial charge < -0.3 is 0 Å². The predicted molar refractivity (Wildman–Crippen MR) is 41.4 cm³/mol. The van der Waals surface area contributed by atoms with Crippen LogP contribution in [0.25, 0.3) is 0 Å². The van der Waals surface area contributed by atoms with E-state index < -0.39 is 7.29 Å². The first-order chi connectivity index (χ1) is 4.62. The van der Waals surface area contributed by atoms with Gasteiger partial charge >= 0.3 is 0 Å². The Kier molecular flexibility index (Phi) is 4.26. The zero-order valence-electron chi connectivity index (χ0n) is 6.33. The van der Waals surface area contributed by atoms with Crippen molar-refractivity contribution >= 4 is 13.4 Å². The van der Waals surface area contributed by atoms with Gasteiger partial charge in [0.1, 0.15) is 0 Å². The molecule has 0 aromatic carbocycles. The maximum absolute atomic E-state index is 11.1. The van der Waals surface area contributed by atoms with Gasteiger partial charge in [0.15, 0.2) is 7.29 Å². The van der Waals surface area contributed by atoms with E-state index in [0.29, 0.717) is 6.16 Å². The smallest absolute Gasteiger partial charge is 0.241 e. The van der Waals surface area contributed by atoms with Crippen molar-refractivity contribution in [2.45, 2.75) is 19.8 Å². The summed E-state index contributed by atoms with van der Waals surface area (Å²) >= 11 is 0. The van der Waals surface area contributed by atoms with Crippen molar-refractivity contribution in [2.24, 2.45) is 4.76 Å². The summed E-state index contributed by atoms with van der Waals surface area (Å²) in [5.41, 5.74) is 0. The largest absolute Gasteiger partial charge is 0.298 e. The second kappa shape index (κ2) is 4.43. The van der Waals surface area contributed by atoms with Crippen molar-refractivity contribution in [1.82, 2.24) is 0 Å². The molecule has 0 amide bonds. The van der Waals surface area contributed by atoms with E-state index in [1.54, 1.807) is 0 Å². The number of carbonyl (C=O) groups excluding carboxylic acids is 1. The van der Waals surface area contributed by atoms with Crippen LogP contribution in [0.2, 0.25) is 0 Å². The first-order valence-corrected chi connectivity index (χ1v) is 5.57. The zero-order chi connectivity index (χ0) is 8.04. The number of isocyanates is 1. The van der Waals surface area contributed by atoms with Crippen LogP contribution in [0.3, 0.4) is 0 Å². The fraction of sp³-hybridized carbons (Fsp3) is 0.833. The molecular formula is C6H12NO2P. The fourth-order valence-corrected chi connectivity index (χ4v) is 1.76. The summed E-state index contributed by atoms with van der Waals surface area (Å²) in [7, 11) is -2.51. The lowest BCUT2D eigenvalue weighted by Gasteiger charge is -2.01. The van der Waals surface area contributed by atoms with Crippen molar-refractivity contribution in [2.75, 3.05) is 12.8 Å². The third-order valence-electron chi connectivity index (χ3n) is 1.18. The maximum Gasteiger partial charge on any atom is 0.241 e. The van der Waals surface area contributed by atoms with E-state index in [1.165, 1.54) is 12.7 Å². The monoisotopic (exact) mass is 161 g/mol. The predicted octanol–water partition coefficient (Wildman–Crippen LogP) is 2.03. The first-order valence-electron chi connectivity index (χ1n) is 3.28. The molecule has 0 saturated heterocycles. The molecule has 3 nitrogen and oxygen atoms in total. The zero-order valence-corrected chi connectivity index (χ0v) is 7.23. The van der Waals surface area contributed by atoms with Gasteiger partial charge in [-0.3, -0.25) is 4.57 Å². The highest BCUT2D eigenvalue weighted by Crippen LogP contribution is 2.42. The summed E-state index contributed by atoms with van der Waals surface area (Å²) in [6.45, 7) is 3.51. The average Bonchev–Trinajstić information content (AvgIpc) is 1.84. The van der Waals surface area contributed by atoms with Crippen LogP contribution in [0, 0.1) is 0 Å². The van der Waals surface area contributed by atoms with Crippen molar-refractivity contribution < 1.29 is 9.36 Å². The highest BCUT2D eigenvalue weighted by Gasteiger charge is 2.10. The van der Waals surface area contributed by atoms with Crippen LogP contribution in [0.4, 0.5) is 0 Å². The second-order valence-corrected chi connectivity index (χ2v) is 5.07. The lowest BCUT2D eigenvalue weighted by Crippen LogP contribution is -1.83. The van der Waals surface area contributed by atoms with E-state index >= 15 is 0 Å². The number of unbranched alkanes of at least 4 members (excludes halogenated alkanes) is 1. The molecule has 0 heterocycles. The fourth-order valence-electron chi connectivity index (χ4n) is 0.588. The molecule has 10 heavy (non-hydrogen) atoms. The molecule has 1 atom stereocenters. The molecule has 0 spiro atoms. The Morgan fingerprint density at radius 1 is 1.60 bits per heavy atom. The van der Waals surface area contributed by atoms with E-state index in [2.05, 4.69) is 4.76 Å². The van der Waals surface area contributed by atoms with Crippen LogP contribution in [0.5, 0.6) is 0 Å². The van der Waals surface area contributed by atoms with Crippen molar-refractivity contribution in [1.29, 1.82) is 0 Å². The minimum absolute atomic E-state index is 0.527. The molecule has 0 aliphatic heterocycles. The Morgan fingerprint density at radius 2 is 2.20 bits per heavy atom. The van der Waals surface area contributed by atoms with E-state index in [0.717, 1.165) is 12.8 Å². The molecule has 0 rings (SSSR count). The minimum atomic E-state index is -2.51. The summed E-state index contributed by atoms with van der Waals surface area (Å²) in [6.07, 6.45) is 3.69. The summed E-state index contributed by atoms with van der Waals surface area (Å²) in [5, 5.41) is 0. The van der Waals surface area contributed by atoms with Gasteiger partial charge in [0.05, 0.1) is 0 Å². The van der Waals surface area contributed by atoms with E-state index in [4.69, 9.17) is 0 Å². The van der Waals surface area contributed by atoms with Crippen LogP contribution in [-0.2, 0) is 9.36 Å². The molecule has 0 aliphatic rings. The molecule has 58 valence electrons. The van der Waals surface area contributed by atoms with E-state index in [9.17, 15) is 9.36 Å². The highest BCUT2D eigenvalue weighted by molar-refractivity contribution is 7.61. The molecule has 0 N–H and O–H groups in total. The van der Waals surface area contributed by atoms with Gasteiger partial charge in [0.25, 0.3) is 0 Å². The van der Waals surface area contributed by atoms with Crippen LogP contribution in [0.15, 0.2) is 4.76 Å². The Balaban J connectivity index is 3.87. The number of hydrogen-bond donors (Lipinski definition) is 0. The van der Waals surface area contributed by atoms with Crippen molar-refractivity contribution in [3.63, 3.8) is 0 Å². The maximum atomic E-state index is 11.1. The summed E-state index contributed by atoms with van der Waals surface area (Å²) in [5.74, 6) is 0. The Morgan fingerprint density at radius 3 is 2.60 bits per heavy atom. The quantitative estimate of drug-likeness (QED) is 0.359. The Labute approximate surface area is 61.0 Å². The minimum Gasteiger partial charge on any atom is -0.298 e. The molecule has 0 bridgehead atoms. The van der Waals surface area contributed by atoms with Gasteiger partial charge in [-0.1, -0.05) is 13.3 Å². The Bertz CT molecular complexity index is 184. The number of rotatable bonds is 4. The van der Waals surface area contributed by atoms with Gasteiger partial charge in [-0.2, -0.15) is 0 Å². The molecule has 0 aliphatic carbocycles. The summed E-state index contributed by atoms with van der Waals surface area (Å²) in [6, 6.07) is 0. The first kappa shape index (κ1) is 9.61. The number of nitrogens with zero attached hydrogens (tertiary/aromatic N) is 1. The molecule has 4 heteroatoms. The van der Waals surface area contributed by atoms with Crippen molar-refractivity contribution in [3.8, 4) is 0 Å². The van der Waals surface area contributed by atoms with Gasteiger partial charge in [-0.15, -0.1) is 4.76 Å². The number of hydrogen-bond acceptors (Lipinski definition) is 2. The van der Waals surface area contributed by atoms with Gasteiger partial charge in [0, 0.05) is 12.8 Å². The van der Waals surface area contributed by atoms with Crippen LogP contribution >= 0.6 is 7.29 Å². The van der Waals surface area contributed by atoms with Gasteiger partial charge in [0.2, 0.25) is 6.08 Å². The molecule has 0 saturated carbocycles. The highest BCUT2D eigenvalue weighted by atomic mass is 31.2. The summed E-state index contributed by atoms with van der Waals surface area (Å²) < 4.78 is 14.4. The molecule has 1 unspecified atom stereocenters. The molecule has 0 radical (unpaired) electrons. The third kappa shape index (κ3) is 4.49. The van der Waals surface area contributed by atoms with Crippen LogP contribution in [0.1, 0.15) is 19.8 Å². The average molecular weight is 161 g/mol. The van der Waals surface area contributed by atoms with E-state index in [1.807, 2.05) is 6.92 Å². The molecular weight excluding hydrogens is 149 g/mol. The second-order valence-electron chi connectivity index (χ2n) is 2.32. The molecule has 0 fully saturated rings. The lowest BCUT2D eigenvalue weighted by molar-refractivity contribution is 0.561. The topological polar surface area (TPSA) is 46.5 Å². The van der Waals surface area contributed by atoms with Crippen LogP contribution in [-0.4, -0.2) is 18.9 Å². The molecule has 0 aromatic heterocycles. The SMILES string of the molecule is CCCCP(C)(=O)N=C=O. The normalized spacial score (nSPS) is 15.4. The van der Waals surface area contributed by atoms with Gasteiger partial charge in [-0.05, 0) is 6.42 Å². The third-order valence-corrected chi connectivity index (χ3v) is 2.83. The van der Waals surface area contributed by atoms with Crippen molar-refractivity contribution in [3.05, 3.63) is 0 Å². The van der Waals surface area contributed by atoms with Gasteiger partial charge in [-0.25, -0.2) is 4.79 Å². The summed E-state index contributed by atoms with van der Waals surface area (Å²) in [4.78, 5) is 9.72. The lowest BCUT2D eigenvalue weighted by atomic mass is 10.4.